The minimum atomic E-state index is -0.305. The molecule has 0 bridgehead atoms. The summed E-state index contributed by atoms with van der Waals surface area (Å²) in [5, 5.41) is 11.8. The van der Waals surface area contributed by atoms with E-state index in [1.807, 2.05) is 0 Å². The molecule has 1 aliphatic rings. The normalized spacial score (nSPS) is 15.4. The van der Waals surface area contributed by atoms with Crippen LogP contribution in [0.3, 0.4) is 0 Å². The van der Waals surface area contributed by atoms with E-state index in [-0.39, 0.29) is 17.6 Å². The number of anilines is 1. The van der Waals surface area contributed by atoms with Gasteiger partial charge in [-0.3, -0.25) is 9.69 Å². The first-order valence-corrected chi connectivity index (χ1v) is 9.82. The summed E-state index contributed by atoms with van der Waals surface area (Å²) in [4.78, 5) is 14.4. The highest BCUT2D eigenvalue weighted by Crippen LogP contribution is 2.29. The maximum Gasteiger partial charge on any atom is 0.247 e. The van der Waals surface area contributed by atoms with Gasteiger partial charge in [0.05, 0.1) is 6.54 Å². The van der Waals surface area contributed by atoms with Crippen LogP contribution in [0, 0.1) is 5.82 Å². The minimum Gasteiger partial charge on any atom is -0.420 e. The Kier molecular flexibility index (Phi) is 5.87. The molecule has 1 N–H and O–H groups in total. The van der Waals surface area contributed by atoms with Crippen LogP contribution in [0.5, 0.6) is 0 Å². The Morgan fingerprint density at radius 2 is 1.79 bits per heavy atom. The van der Waals surface area contributed by atoms with E-state index in [1.54, 1.807) is 36.4 Å². The lowest BCUT2D eigenvalue weighted by molar-refractivity contribution is -0.117. The van der Waals surface area contributed by atoms with Crippen LogP contribution in [0.1, 0.15) is 24.7 Å². The van der Waals surface area contributed by atoms with Gasteiger partial charge in [-0.25, -0.2) is 4.39 Å². The highest BCUT2D eigenvalue weighted by molar-refractivity contribution is 6.30. The molecule has 8 heteroatoms. The molecule has 2 aromatic carbocycles. The van der Waals surface area contributed by atoms with Crippen LogP contribution in [0.4, 0.5) is 10.1 Å². The molecule has 0 unspecified atom stereocenters. The van der Waals surface area contributed by atoms with Crippen molar-refractivity contribution < 1.29 is 13.6 Å². The Morgan fingerprint density at radius 3 is 2.48 bits per heavy atom. The third-order valence-electron chi connectivity index (χ3n) is 4.96. The average Bonchev–Trinajstić information content (AvgIpc) is 3.21. The van der Waals surface area contributed by atoms with Gasteiger partial charge in [-0.15, -0.1) is 10.2 Å². The largest absolute Gasteiger partial charge is 0.420 e. The first kappa shape index (κ1) is 19.5. The zero-order valence-corrected chi connectivity index (χ0v) is 16.4. The first-order valence-electron chi connectivity index (χ1n) is 9.44. The van der Waals surface area contributed by atoms with Crippen LogP contribution in [0.2, 0.25) is 5.02 Å². The van der Waals surface area contributed by atoms with Crippen molar-refractivity contribution in [1.29, 1.82) is 0 Å². The van der Waals surface area contributed by atoms with Crippen molar-refractivity contribution in [3.63, 3.8) is 0 Å². The summed E-state index contributed by atoms with van der Waals surface area (Å²) in [6, 6.07) is 13.0. The smallest absolute Gasteiger partial charge is 0.247 e. The van der Waals surface area contributed by atoms with Crippen molar-refractivity contribution >= 4 is 23.2 Å². The predicted octanol–water partition coefficient (Wildman–Crippen LogP) is 4.35. The second kappa shape index (κ2) is 8.71. The number of aromatic nitrogens is 2. The summed E-state index contributed by atoms with van der Waals surface area (Å²) in [6.45, 7) is 1.87. The molecule has 150 valence electrons. The molecule has 3 aromatic rings. The van der Waals surface area contributed by atoms with Crippen LogP contribution in [-0.2, 0) is 4.79 Å². The van der Waals surface area contributed by atoms with Gasteiger partial charge in [0.15, 0.2) is 0 Å². The lowest BCUT2D eigenvalue weighted by atomic mass is 9.97. The van der Waals surface area contributed by atoms with Crippen molar-refractivity contribution in [3.05, 3.63) is 65.3 Å². The summed E-state index contributed by atoms with van der Waals surface area (Å²) in [5.41, 5.74) is 1.43. The molecule has 4 rings (SSSR count). The van der Waals surface area contributed by atoms with E-state index in [0.717, 1.165) is 31.6 Å². The van der Waals surface area contributed by atoms with Gasteiger partial charge in [-0.2, -0.15) is 0 Å². The van der Waals surface area contributed by atoms with E-state index in [2.05, 4.69) is 20.4 Å². The Hall–Kier alpha value is -2.77. The molecule has 0 saturated carbocycles. The van der Waals surface area contributed by atoms with Gasteiger partial charge in [-0.05, 0) is 74.5 Å². The molecular formula is C21H20ClFN4O2. The Balaban J connectivity index is 1.28. The molecule has 1 aliphatic heterocycles. The van der Waals surface area contributed by atoms with Gasteiger partial charge in [0.2, 0.25) is 17.7 Å². The predicted molar refractivity (Wildman–Crippen MR) is 108 cm³/mol. The van der Waals surface area contributed by atoms with E-state index in [0.29, 0.717) is 28.9 Å². The van der Waals surface area contributed by atoms with Gasteiger partial charge >= 0.3 is 0 Å². The fourth-order valence-corrected chi connectivity index (χ4v) is 3.51. The number of benzene rings is 2. The quantitative estimate of drug-likeness (QED) is 0.672. The monoisotopic (exact) mass is 414 g/mol. The first-order chi connectivity index (χ1) is 14.1. The zero-order valence-electron chi connectivity index (χ0n) is 15.6. The van der Waals surface area contributed by atoms with Gasteiger partial charge in [-0.1, -0.05) is 11.6 Å². The average molecular weight is 415 g/mol. The van der Waals surface area contributed by atoms with Gasteiger partial charge in [0, 0.05) is 22.2 Å². The van der Waals surface area contributed by atoms with Crippen LogP contribution < -0.4 is 5.32 Å². The summed E-state index contributed by atoms with van der Waals surface area (Å²) < 4.78 is 18.9. The van der Waals surface area contributed by atoms with Crippen LogP contribution >= 0.6 is 11.6 Å². The summed E-state index contributed by atoms with van der Waals surface area (Å²) in [6.07, 6.45) is 1.67. The van der Waals surface area contributed by atoms with E-state index in [9.17, 15) is 9.18 Å². The number of amides is 1. The lowest BCUT2D eigenvalue weighted by Crippen LogP contribution is -2.38. The van der Waals surface area contributed by atoms with Gasteiger partial charge < -0.3 is 9.73 Å². The second-order valence-electron chi connectivity index (χ2n) is 7.06. The fourth-order valence-electron chi connectivity index (χ4n) is 3.38. The van der Waals surface area contributed by atoms with Gasteiger partial charge in [0.1, 0.15) is 5.82 Å². The number of piperidine rings is 1. The maximum absolute atomic E-state index is 13.1. The van der Waals surface area contributed by atoms with Crippen LogP contribution in [0.25, 0.3) is 11.5 Å². The fraction of sp³-hybridized carbons (Fsp3) is 0.286. The highest BCUT2D eigenvalue weighted by atomic mass is 35.5. The molecule has 1 amide bonds. The Bertz CT molecular complexity index is 967. The number of hydrogen-bond acceptors (Lipinski definition) is 5. The molecule has 0 atom stereocenters. The topological polar surface area (TPSA) is 71.3 Å². The highest BCUT2D eigenvalue weighted by Gasteiger charge is 2.26. The number of rotatable bonds is 5. The Labute approximate surface area is 172 Å². The van der Waals surface area contributed by atoms with E-state index < -0.39 is 0 Å². The maximum atomic E-state index is 13.1. The molecule has 6 nitrogen and oxygen atoms in total. The standard InChI is InChI=1S/C21H20ClFN4O2/c22-16-3-7-18(8-4-16)24-19(28)13-27-11-9-15(10-12-27)21-26-25-20(29-21)14-1-5-17(23)6-2-14/h1-8,15H,9-13H2,(H,24,28). The summed E-state index contributed by atoms with van der Waals surface area (Å²) in [5.74, 6) is 0.787. The number of hydrogen-bond donors (Lipinski definition) is 1. The van der Waals surface area contributed by atoms with Crippen molar-refractivity contribution in [2.75, 3.05) is 25.0 Å². The molecule has 1 fully saturated rings. The zero-order chi connectivity index (χ0) is 20.2. The number of carbonyl (C=O) groups is 1. The van der Waals surface area contributed by atoms with E-state index in [4.69, 9.17) is 16.0 Å². The number of halogens is 2. The van der Waals surface area contributed by atoms with Crippen molar-refractivity contribution in [2.45, 2.75) is 18.8 Å². The second-order valence-corrected chi connectivity index (χ2v) is 7.49. The Morgan fingerprint density at radius 1 is 1.10 bits per heavy atom. The van der Waals surface area contributed by atoms with Crippen LogP contribution in [0.15, 0.2) is 52.9 Å². The van der Waals surface area contributed by atoms with Crippen molar-refractivity contribution in [2.24, 2.45) is 0 Å². The molecule has 0 aliphatic carbocycles. The number of nitrogens with zero attached hydrogens (tertiary/aromatic N) is 3. The molecule has 2 heterocycles. The lowest BCUT2D eigenvalue weighted by Gasteiger charge is -2.29. The molecular weight excluding hydrogens is 395 g/mol. The summed E-state index contributed by atoms with van der Waals surface area (Å²) in [7, 11) is 0. The van der Waals surface area contributed by atoms with Gasteiger partial charge in [0.25, 0.3) is 0 Å². The summed E-state index contributed by atoms with van der Waals surface area (Å²) >= 11 is 5.86. The third-order valence-corrected chi connectivity index (χ3v) is 5.22. The SMILES string of the molecule is O=C(CN1CCC(c2nnc(-c3ccc(F)cc3)o2)CC1)Nc1ccc(Cl)cc1. The molecule has 1 saturated heterocycles. The minimum absolute atomic E-state index is 0.0536. The van der Waals surface area contributed by atoms with E-state index >= 15 is 0 Å². The number of carbonyl (C=O) groups excluding carboxylic acids is 1. The van der Waals surface area contributed by atoms with Crippen LogP contribution in [-0.4, -0.2) is 40.6 Å². The van der Waals surface area contributed by atoms with E-state index in [1.165, 1.54) is 12.1 Å². The third kappa shape index (κ3) is 4.99. The number of nitrogens with one attached hydrogen (secondary N) is 1. The van der Waals surface area contributed by atoms with Crippen molar-refractivity contribution in [3.8, 4) is 11.5 Å². The number of likely N-dealkylation sites (tertiary alicyclic amines) is 1. The molecule has 29 heavy (non-hydrogen) atoms. The molecule has 1 aromatic heterocycles. The van der Waals surface area contributed by atoms with Crippen molar-refractivity contribution in [1.82, 2.24) is 15.1 Å². The molecule has 0 spiro atoms. The molecule has 0 radical (unpaired) electrons.